The lowest BCUT2D eigenvalue weighted by atomic mass is 10.1. The van der Waals surface area contributed by atoms with E-state index in [0.717, 1.165) is 61.8 Å². The molecule has 2 aliphatic rings. The van der Waals surface area contributed by atoms with Gasteiger partial charge in [-0.3, -0.25) is 4.79 Å². The molecule has 2 aromatic rings. The first-order valence-electron chi connectivity index (χ1n) is 9.99. The van der Waals surface area contributed by atoms with Crippen LogP contribution in [0.25, 0.3) is 5.70 Å². The Morgan fingerprint density at radius 2 is 1.82 bits per heavy atom. The molecular weight excluding hydrogens is 355 g/mol. The highest BCUT2D eigenvalue weighted by Crippen LogP contribution is 2.29. The van der Waals surface area contributed by atoms with E-state index in [4.69, 9.17) is 0 Å². The van der Waals surface area contributed by atoms with E-state index < -0.39 is 0 Å². The fraction of sp³-hybridized carbons (Fsp3) is 0.409. The van der Waals surface area contributed by atoms with Crippen LogP contribution in [0.1, 0.15) is 29.4 Å². The molecule has 1 aromatic carbocycles. The molecule has 0 N–H and O–H groups in total. The van der Waals surface area contributed by atoms with Gasteiger partial charge in [0.25, 0.3) is 5.91 Å². The lowest BCUT2D eigenvalue weighted by Crippen LogP contribution is -2.45. The number of hydrogen-bond donors (Lipinski definition) is 0. The predicted octanol–water partition coefficient (Wildman–Crippen LogP) is 3.19. The maximum atomic E-state index is 13.6. The first kappa shape index (κ1) is 18.6. The Morgan fingerprint density at radius 1 is 1.07 bits per heavy atom. The van der Waals surface area contributed by atoms with E-state index in [1.54, 1.807) is 12.1 Å². The molecule has 1 aromatic heterocycles. The summed E-state index contributed by atoms with van der Waals surface area (Å²) in [4.78, 5) is 19.5. The van der Waals surface area contributed by atoms with Gasteiger partial charge in [-0.05, 0) is 36.8 Å². The van der Waals surface area contributed by atoms with Crippen molar-refractivity contribution in [3.05, 3.63) is 59.7 Å². The third kappa shape index (κ3) is 3.39. The fourth-order valence-corrected chi connectivity index (χ4v) is 4.19. The molecular formula is C22H27FN4O. The second-order valence-electron chi connectivity index (χ2n) is 7.48. The normalized spacial score (nSPS) is 17.5. The van der Waals surface area contributed by atoms with Crippen LogP contribution in [0.5, 0.6) is 0 Å². The molecule has 28 heavy (non-hydrogen) atoms. The Hall–Kier alpha value is -2.76. The molecule has 5 nitrogen and oxygen atoms in total. The molecule has 0 aliphatic carbocycles. The first-order valence-corrected chi connectivity index (χ1v) is 9.99. The van der Waals surface area contributed by atoms with E-state index in [2.05, 4.69) is 22.8 Å². The van der Waals surface area contributed by atoms with E-state index in [1.807, 2.05) is 34.8 Å². The number of nitrogens with zero attached hydrogens (tertiary/aromatic N) is 4. The van der Waals surface area contributed by atoms with Gasteiger partial charge in [0.1, 0.15) is 5.82 Å². The minimum atomic E-state index is -0.200. The molecule has 0 unspecified atom stereocenters. The van der Waals surface area contributed by atoms with Crippen LogP contribution in [0.15, 0.2) is 42.6 Å². The minimum Gasteiger partial charge on any atom is -0.368 e. The van der Waals surface area contributed by atoms with Crippen molar-refractivity contribution in [2.45, 2.75) is 13.3 Å². The van der Waals surface area contributed by atoms with Crippen LogP contribution in [0.4, 0.5) is 10.1 Å². The summed E-state index contributed by atoms with van der Waals surface area (Å²) in [6.07, 6.45) is 5.11. The summed E-state index contributed by atoms with van der Waals surface area (Å²) in [6, 6.07) is 8.72. The molecule has 2 aliphatic heterocycles. The monoisotopic (exact) mass is 382 g/mol. The maximum absolute atomic E-state index is 13.6. The molecule has 0 bridgehead atoms. The number of hydrogen-bond acceptors (Lipinski definition) is 3. The van der Waals surface area contributed by atoms with Crippen molar-refractivity contribution in [3.8, 4) is 0 Å². The zero-order valence-electron chi connectivity index (χ0n) is 16.6. The van der Waals surface area contributed by atoms with Crippen molar-refractivity contribution < 1.29 is 9.18 Å². The lowest BCUT2D eigenvalue weighted by Gasteiger charge is -2.38. The zero-order valence-corrected chi connectivity index (χ0v) is 16.6. The van der Waals surface area contributed by atoms with Crippen LogP contribution in [-0.4, -0.2) is 59.5 Å². The van der Waals surface area contributed by atoms with Crippen LogP contribution >= 0.6 is 0 Å². The SMILES string of the molecule is CCCN1CC=C(N2CCN(c3cccc(F)c3)CC2)c2c(ccn2C)C1=O. The Morgan fingerprint density at radius 3 is 2.54 bits per heavy atom. The molecule has 0 spiro atoms. The number of aryl methyl sites for hydroxylation is 1. The Bertz CT molecular complexity index is 896. The van der Waals surface area contributed by atoms with E-state index in [0.29, 0.717) is 6.54 Å². The summed E-state index contributed by atoms with van der Waals surface area (Å²) in [7, 11) is 2.00. The molecule has 4 rings (SSSR count). The van der Waals surface area contributed by atoms with Gasteiger partial charge in [-0.15, -0.1) is 0 Å². The van der Waals surface area contributed by atoms with Gasteiger partial charge in [-0.1, -0.05) is 13.0 Å². The van der Waals surface area contributed by atoms with Gasteiger partial charge in [-0.25, -0.2) is 4.39 Å². The third-order valence-corrected chi connectivity index (χ3v) is 5.63. The largest absolute Gasteiger partial charge is 0.368 e. The Kier molecular flexibility index (Phi) is 5.11. The highest BCUT2D eigenvalue weighted by Gasteiger charge is 2.29. The minimum absolute atomic E-state index is 0.113. The second-order valence-corrected chi connectivity index (χ2v) is 7.48. The van der Waals surface area contributed by atoms with Gasteiger partial charge in [0.15, 0.2) is 0 Å². The topological polar surface area (TPSA) is 31.7 Å². The van der Waals surface area contributed by atoms with Gasteiger partial charge >= 0.3 is 0 Å². The summed E-state index contributed by atoms with van der Waals surface area (Å²) >= 11 is 0. The van der Waals surface area contributed by atoms with E-state index in [1.165, 1.54) is 6.07 Å². The molecule has 6 heteroatoms. The molecule has 0 atom stereocenters. The van der Waals surface area contributed by atoms with Crippen molar-refractivity contribution in [2.75, 3.05) is 44.2 Å². The quantitative estimate of drug-likeness (QED) is 0.814. The number of aromatic nitrogens is 1. The summed E-state index contributed by atoms with van der Waals surface area (Å²) in [5.41, 5.74) is 3.85. The number of anilines is 1. The predicted molar refractivity (Wildman–Crippen MR) is 110 cm³/mol. The maximum Gasteiger partial charge on any atom is 0.256 e. The average Bonchev–Trinajstić information content (AvgIpc) is 3.02. The van der Waals surface area contributed by atoms with Crippen LogP contribution in [0.2, 0.25) is 0 Å². The van der Waals surface area contributed by atoms with Gasteiger partial charge < -0.3 is 19.3 Å². The van der Waals surface area contributed by atoms with Crippen molar-refractivity contribution in [1.29, 1.82) is 0 Å². The van der Waals surface area contributed by atoms with Crippen LogP contribution in [0.3, 0.4) is 0 Å². The van der Waals surface area contributed by atoms with E-state index in [-0.39, 0.29) is 11.7 Å². The molecule has 1 amide bonds. The van der Waals surface area contributed by atoms with Crippen LogP contribution < -0.4 is 4.90 Å². The number of rotatable bonds is 4. The van der Waals surface area contributed by atoms with Gasteiger partial charge in [-0.2, -0.15) is 0 Å². The fourth-order valence-electron chi connectivity index (χ4n) is 4.19. The number of halogens is 1. The Labute approximate surface area is 165 Å². The van der Waals surface area contributed by atoms with Gasteiger partial charge in [0, 0.05) is 58.2 Å². The standard InChI is InChI=1S/C22H27FN4O/c1-3-9-27-11-8-20(21-19(22(27)28)7-10-24(21)2)26-14-12-25(13-15-26)18-6-4-5-17(23)16-18/h4-8,10,16H,3,9,11-15H2,1-2H3. The van der Waals surface area contributed by atoms with Gasteiger partial charge in [0.2, 0.25) is 0 Å². The van der Waals surface area contributed by atoms with E-state index >= 15 is 0 Å². The molecule has 1 saturated heterocycles. The highest BCUT2D eigenvalue weighted by atomic mass is 19.1. The zero-order chi connectivity index (χ0) is 19.7. The number of fused-ring (bicyclic) bond motifs is 1. The molecule has 1 fully saturated rings. The summed E-state index contributed by atoms with van der Waals surface area (Å²) in [5, 5.41) is 0. The molecule has 0 radical (unpaired) electrons. The first-order chi connectivity index (χ1) is 13.6. The van der Waals surface area contributed by atoms with Crippen molar-refractivity contribution in [2.24, 2.45) is 7.05 Å². The van der Waals surface area contributed by atoms with Crippen molar-refractivity contribution >= 4 is 17.3 Å². The average molecular weight is 382 g/mol. The molecule has 148 valence electrons. The summed E-state index contributed by atoms with van der Waals surface area (Å²) in [6.45, 7) is 6.84. The Balaban J connectivity index is 1.56. The summed E-state index contributed by atoms with van der Waals surface area (Å²) < 4.78 is 15.6. The number of amides is 1. The number of benzene rings is 1. The number of carbonyl (C=O) groups excluding carboxylic acids is 1. The third-order valence-electron chi connectivity index (χ3n) is 5.63. The van der Waals surface area contributed by atoms with Gasteiger partial charge in [0.05, 0.1) is 17.0 Å². The molecule has 3 heterocycles. The number of piperazine rings is 1. The van der Waals surface area contributed by atoms with Crippen molar-refractivity contribution in [3.63, 3.8) is 0 Å². The van der Waals surface area contributed by atoms with Crippen molar-refractivity contribution in [1.82, 2.24) is 14.4 Å². The van der Waals surface area contributed by atoms with E-state index in [9.17, 15) is 9.18 Å². The van der Waals surface area contributed by atoms with Crippen LogP contribution in [0, 0.1) is 5.82 Å². The number of carbonyl (C=O) groups is 1. The molecule has 0 saturated carbocycles. The lowest BCUT2D eigenvalue weighted by molar-refractivity contribution is 0.0775. The summed E-state index contributed by atoms with van der Waals surface area (Å²) in [5.74, 6) is -0.0866. The second kappa shape index (κ2) is 7.70. The van der Waals surface area contributed by atoms with Crippen LogP contribution in [-0.2, 0) is 7.05 Å². The highest BCUT2D eigenvalue weighted by molar-refractivity contribution is 5.99. The smallest absolute Gasteiger partial charge is 0.256 e.